The molecule has 0 aliphatic carbocycles. The quantitative estimate of drug-likeness (QED) is 0.562. The van der Waals surface area contributed by atoms with E-state index in [1.807, 2.05) is 0 Å². The fourth-order valence-corrected chi connectivity index (χ4v) is 0.930. The van der Waals surface area contributed by atoms with Gasteiger partial charge in [0.2, 0.25) is 0 Å². The molecular weight excluding hydrogens is 168 g/mol. The van der Waals surface area contributed by atoms with Crippen LogP contribution in [-0.4, -0.2) is 16.9 Å². The van der Waals surface area contributed by atoms with Crippen molar-refractivity contribution in [3.05, 3.63) is 42.0 Å². The van der Waals surface area contributed by atoms with Gasteiger partial charge in [0, 0.05) is 5.56 Å². The van der Waals surface area contributed by atoms with Crippen LogP contribution in [0.4, 0.5) is 0 Å². The van der Waals surface area contributed by atoms with E-state index in [9.17, 15) is 9.59 Å². The number of benzene rings is 1. The number of carbonyl (C=O) groups is 2. The van der Waals surface area contributed by atoms with Crippen molar-refractivity contribution in [2.24, 2.45) is 0 Å². The maximum atomic E-state index is 11.0. The van der Waals surface area contributed by atoms with Crippen LogP contribution in [0.25, 0.3) is 6.08 Å². The van der Waals surface area contributed by atoms with Crippen LogP contribution in [0.1, 0.15) is 15.9 Å². The van der Waals surface area contributed by atoms with Crippen molar-refractivity contribution in [3.8, 4) is 0 Å². The molecule has 66 valence electrons. The first-order valence-corrected chi connectivity index (χ1v) is 3.65. The number of carbonyl (C=O) groups excluding carboxylic acids is 1. The first kappa shape index (κ1) is 9.19. The van der Waals surface area contributed by atoms with Crippen LogP contribution in [0.2, 0.25) is 0 Å². The van der Waals surface area contributed by atoms with Crippen molar-refractivity contribution in [3.63, 3.8) is 0 Å². The third-order valence-electron chi connectivity index (χ3n) is 1.58. The zero-order valence-electron chi connectivity index (χ0n) is 6.86. The molecule has 0 bridgehead atoms. The number of rotatable bonds is 3. The molecule has 3 nitrogen and oxygen atoms in total. The summed E-state index contributed by atoms with van der Waals surface area (Å²) in [7, 11) is 0. The Morgan fingerprint density at radius 3 is 2.62 bits per heavy atom. The summed E-state index contributed by atoms with van der Waals surface area (Å²) in [6.07, 6.45) is 1.55. The topological polar surface area (TPSA) is 54.4 Å². The Labute approximate surface area is 75.3 Å². The smallest absolute Gasteiger partial charge is 0.377 e. The van der Waals surface area contributed by atoms with Crippen molar-refractivity contribution >= 4 is 17.8 Å². The van der Waals surface area contributed by atoms with Crippen molar-refractivity contribution in [2.75, 3.05) is 0 Å². The van der Waals surface area contributed by atoms with Gasteiger partial charge in [-0.15, -0.1) is 0 Å². The van der Waals surface area contributed by atoms with E-state index < -0.39 is 11.8 Å². The monoisotopic (exact) mass is 176 g/mol. The molecule has 0 aromatic heterocycles. The molecule has 1 aromatic rings. The van der Waals surface area contributed by atoms with Crippen molar-refractivity contribution in [1.29, 1.82) is 0 Å². The van der Waals surface area contributed by atoms with E-state index in [1.54, 1.807) is 18.2 Å². The Bertz CT molecular complexity index is 366. The van der Waals surface area contributed by atoms with Crippen LogP contribution in [0.5, 0.6) is 0 Å². The van der Waals surface area contributed by atoms with Gasteiger partial charge in [-0.3, -0.25) is 4.79 Å². The highest BCUT2D eigenvalue weighted by atomic mass is 16.4. The molecule has 0 aliphatic rings. The number of hydrogen-bond acceptors (Lipinski definition) is 2. The van der Waals surface area contributed by atoms with Crippen LogP contribution in [-0.2, 0) is 4.79 Å². The van der Waals surface area contributed by atoms with Crippen LogP contribution >= 0.6 is 0 Å². The predicted octanol–water partition coefficient (Wildman–Crippen LogP) is 1.60. The highest BCUT2D eigenvalue weighted by molar-refractivity contribution is 6.39. The van der Waals surface area contributed by atoms with Gasteiger partial charge in [-0.2, -0.15) is 0 Å². The minimum Gasteiger partial charge on any atom is -0.475 e. The van der Waals surface area contributed by atoms with E-state index in [4.69, 9.17) is 5.11 Å². The van der Waals surface area contributed by atoms with E-state index >= 15 is 0 Å². The van der Waals surface area contributed by atoms with Gasteiger partial charge in [0.15, 0.2) is 0 Å². The van der Waals surface area contributed by atoms with Crippen LogP contribution in [0.3, 0.4) is 0 Å². The molecule has 0 saturated carbocycles. The SMILES string of the molecule is C=Cc1cccc(C(=O)C(=O)O)c1. The zero-order chi connectivity index (χ0) is 9.84. The number of Topliss-reactive ketones (excluding diaryl/α,β-unsaturated/α-hetero) is 1. The standard InChI is InChI=1S/C10H8O3/c1-2-7-4-3-5-8(6-7)9(11)10(12)13/h2-6H,1H2,(H,12,13). The molecule has 0 atom stereocenters. The largest absolute Gasteiger partial charge is 0.475 e. The lowest BCUT2D eigenvalue weighted by atomic mass is 10.1. The van der Waals surface area contributed by atoms with E-state index in [2.05, 4.69) is 6.58 Å². The summed E-state index contributed by atoms with van der Waals surface area (Å²) in [6, 6.07) is 6.31. The van der Waals surface area contributed by atoms with Gasteiger partial charge in [0.25, 0.3) is 5.78 Å². The van der Waals surface area contributed by atoms with Crippen LogP contribution < -0.4 is 0 Å². The minimum absolute atomic E-state index is 0.171. The van der Waals surface area contributed by atoms with Gasteiger partial charge < -0.3 is 5.11 Å². The van der Waals surface area contributed by atoms with Gasteiger partial charge in [-0.1, -0.05) is 30.9 Å². The van der Waals surface area contributed by atoms with Gasteiger partial charge in [0.1, 0.15) is 0 Å². The van der Waals surface area contributed by atoms with Gasteiger partial charge in [-0.05, 0) is 11.6 Å². The Morgan fingerprint density at radius 2 is 2.08 bits per heavy atom. The van der Waals surface area contributed by atoms with Crippen molar-refractivity contribution in [1.82, 2.24) is 0 Å². The zero-order valence-corrected chi connectivity index (χ0v) is 6.86. The number of hydrogen-bond donors (Lipinski definition) is 1. The van der Waals surface area contributed by atoms with E-state index in [0.717, 1.165) is 5.56 Å². The lowest BCUT2D eigenvalue weighted by molar-refractivity contribution is -0.131. The highest BCUT2D eigenvalue weighted by Crippen LogP contribution is 2.06. The molecule has 3 heteroatoms. The number of ketones is 1. The second-order valence-corrected chi connectivity index (χ2v) is 2.46. The molecule has 0 saturated heterocycles. The number of aliphatic carboxylic acids is 1. The molecule has 1 aromatic carbocycles. The fourth-order valence-electron chi connectivity index (χ4n) is 0.930. The number of carboxylic acids is 1. The molecule has 1 N–H and O–H groups in total. The lowest BCUT2D eigenvalue weighted by Gasteiger charge is -1.96. The number of carboxylic acid groups (broad SMARTS) is 1. The summed E-state index contributed by atoms with van der Waals surface area (Å²) in [5.74, 6) is -2.34. The average Bonchev–Trinajstić information content (AvgIpc) is 2.16. The van der Waals surface area contributed by atoms with E-state index in [0.29, 0.717) is 0 Å². The van der Waals surface area contributed by atoms with Gasteiger partial charge in [-0.25, -0.2) is 4.79 Å². The molecule has 0 amide bonds. The normalized spacial score (nSPS) is 9.23. The Morgan fingerprint density at radius 1 is 1.38 bits per heavy atom. The maximum absolute atomic E-state index is 11.0. The van der Waals surface area contributed by atoms with E-state index in [-0.39, 0.29) is 5.56 Å². The summed E-state index contributed by atoms with van der Waals surface area (Å²) in [6.45, 7) is 3.52. The van der Waals surface area contributed by atoms with Crippen molar-refractivity contribution < 1.29 is 14.7 Å². The fraction of sp³-hybridized carbons (Fsp3) is 0. The first-order valence-electron chi connectivity index (χ1n) is 3.65. The average molecular weight is 176 g/mol. The Hall–Kier alpha value is -1.90. The Balaban J connectivity index is 3.08. The molecule has 1 rings (SSSR count). The molecule has 0 heterocycles. The minimum atomic E-state index is -1.44. The Kier molecular flexibility index (Phi) is 2.59. The third kappa shape index (κ3) is 2.02. The maximum Gasteiger partial charge on any atom is 0.377 e. The first-order chi connectivity index (χ1) is 6.15. The third-order valence-corrected chi connectivity index (χ3v) is 1.58. The van der Waals surface area contributed by atoms with Crippen LogP contribution in [0.15, 0.2) is 30.8 Å². The summed E-state index contributed by atoms with van der Waals surface area (Å²) >= 11 is 0. The molecule has 0 spiro atoms. The summed E-state index contributed by atoms with van der Waals surface area (Å²) in [4.78, 5) is 21.3. The molecule has 0 radical (unpaired) electrons. The lowest BCUT2D eigenvalue weighted by Crippen LogP contribution is -2.12. The summed E-state index contributed by atoms with van der Waals surface area (Å²) in [5, 5.41) is 8.42. The van der Waals surface area contributed by atoms with Gasteiger partial charge >= 0.3 is 5.97 Å². The molecule has 13 heavy (non-hydrogen) atoms. The van der Waals surface area contributed by atoms with E-state index in [1.165, 1.54) is 12.1 Å². The highest BCUT2D eigenvalue weighted by Gasteiger charge is 2.13. The predicted molar refractivity (Wildman–Crippen MR) is 48.5 cm³/mol. The van der Waals surface area contributed by atoms with Gasteiger partial charge in [0.05, 0.1) is 0 Å². The molecule has 0 unspecified atom stereocenters. The summed E-state index contributed by atoms with van der Waals surface area (Å²) in [5.41, 5.74) is 0.900. The molecule has 0 fully saturated rings. The summed E-state index contributed by atoms with van der Waals surface area (Å²) < 4.78 is 0. The second-order valence-electron chi connectivity index (χ2n) is 2.46. The van der Waals surface area contributed by atoms with Crippen molar-refractivity contribution in [2.45, 2.75) is 0 Å². The second kappa shape index (κ2) is 3.67. The molecular formula is C10H8O3. The van der Waals surface area contributed by atoms with Crippen LogP contribution in [0, 0.1) is 0 Å². The molecule has 0 aliphatic heterocycles.